The molecule has 0 aliphatic carbocycles. The van der Waals surface area contributed by atoms with Gasteiger partial charge in [-0.2, -0.15) is 0 Å². The molecule has 0 atom stereocenters. The van der Waals surface area contributed by atoms with Crippen molar-refractivity contribution in [3.63, 3.8) is 0 Å². The standard InChI is InChI=1S/C11H12F2O2/c1-7(14)5-8-3-4-10(12)9(6-15-2)11(8)13/h3-4H,5-6H2,1-2H3. The topological polar surface area (TPSA) is 26.3 Å². The van der Waals surface area contributed by atoms with Crippen LogP contribution in [-0.2, 0) is 22.6 Å². The summed E-state index contributed by atoms with van der Waals surface area (Å²) < 4.78 is 31.4. The van der Waals surface area contributed by atoms with Crippen molar-refractivity contribution in [2.75, 3.05) is 7.11 Å². The van der Waals surface area contributed by atoms with E-state index in [2.05, 4.69) is 4.74 Å². The first-order chi connectivity index (χ1) is 7.06. The van der Waals surface area contributed by atoms with E-state index in [1.165, 1.54) is 20.1 Å². The van der Waals surface area contributed by atoms with E-state index in [9.17, 15) is 13.6 Å². The van der Waals surface area contributed by atoms with E-state index in [0.717, 1.165) is 6.07 Å². The van der Waals surface area contributed by atoms with Crippen LogP contribution in [0.4, 0.5) is 8.78 Å². The Bertz CT molecular complexity index is 375. The number of ketones is 1. The van der Waals surface area contributed by atoms with E-state index >= 15 is 0 Å². The fourth-order valence-electron chi connectivity index (χ4n) is 1.33. The van der Waals surface area contributed by atoms with E-state index in [-0.39, 0.29) is 29.9 Å². The number of hydrogen-bond acceptors (Lipinski definition) is 2. The molecular weight excluding hydrogens is 202 g/mol. The first-order valence-corrected chi connectivity index (χ1v) is 4.50. The fraction of sp³-hybridized carbons (Fsp3) is 0.364. The van der Waals surface area contributed by atoms with Gasteiger partial charge in [0.25, 0.3) is 0 Å². The Morgan fingerprint density at radius 3 is 2.60 bits per heavy atom. The molecule has 0 radical (unpaired) electrons. The molecular formula is C11H12F2O2. The van der Waals surface area contributed by atoms with Crippen molar-refractivity contribution in [1.82, 2.24) is 0 Å². The molecule has 0 saturated carbocycles. The molecule has 0 saturated heterocycles. The summed E-state index contributed by atoms with van der Waals surface area (Å²) in [5, 5.41) is 0. The smallest absolute Gasteiger partial charge is 0.135 e. The number of benzene rings is 1. The van der Waals surface area contributed by atoms with Gasteiger partial charge in [-0.3, -0.25) is 4.79 Å². The van der Waals surface area contributed by atoms with Crippen LogP contribution < -0.4 is 0 Å². The van der Waals surface area contributed by atoms with Crippen molar-refractivity contribution in [3.8, 4) is 0 Å². The summed E-state index contributed by atoms with van der Waals surface area (Å²) in [5.74, 6) is -1.50. The Kier molecular flexibility index (Phi) is 3.91. The molecule has 2 nitrogen and oxygen atoms in total. The lowest BCUT2D eigenvalue weighted by Crippen LogP contribution is -2.05. The normalized spacial score (nSPS) is 10.4. The summed E-state index contributed by atoms with van der Waals surface area (Å²) in [6, 6.07) is 2.43. The molecule has 15 heavy (non-hydrogen) atoms. The Balaban J connectivity index is 3.09. The van der Waals surface area contributed by atoms with Gasteiger partial charge >= 0.3 is 0 Å². The molecule has 0 fully saturated rings. The molecule has 4 heteroatoms. The van der Waals surface area contributed by atoms with Crippen LogP contribution in [-0.4, -0.2) is 12.9 Å². The lowest BCUT2D eigenvalue weighted by Gasteiger charge is -2.07. The minimum Gasteiger partial charge on any atom is -0.380 e. The van der Waals surface area contributed by atoms with Gasteiger partial charge in [-0.15, -0.1) is 0 Å². The highest BCUT2D eigenvalue weighted by Gasteiger charge is 2.14. The summed E-state index contributed by atoms with van der Waals surface area (Å²) in [4.78, 5) is 10.8. The van der Waals surface area contributed by atoms with Crippen molar-refractivity contribution >= 4 is 5.78 Å². The lowest BCUT2D eigenvalue weighted by atomic mass is 10.0. The summed E-state index contributed by atoms with van der Waals surface area (Å²) >= 11 is 0. The van der Waals surface area contributed by atoms with E-state index in [1.807, 2.05) is 0 Å². The SMILES string of the molecule is COCc1c(F)ccc(CC(C)=O)c1F. The number of hydrogen-bond donors (Lipinski definition) is 0. The summed E-state index contributed by atoms with van der Waals surface area (Å²) in [6.45, 7) is 1.22. The van der Waals surface area contributed by atoms with Crippen LogP contribution >= 0.6 is 0 Å². The van der Waals surface area contributed by atoms with Gasteiger partial charge < -0.3 is 4.74 Å². The maximum Gasteiger partial charge on any atom is 0.135 e. The summed E-state index contributed by atoms with van der Waals surface area (Å²) in [7, 11) is 1.36. The molecule has 0 aliphatic rings. The number of Topliss-reactive ketones (excluding diaryl/α,β-unsaturated/α-hetero) is 1. The van der Waals surface area contributed by atoms with Crippen LogP contribution in [0.3, 0.4) is 0 Å². The maximum absolute atomic E-state index is 13.6. The van der Waals surface area contributed by atoms with Crippen molar-refractivity contribution in [2.45, 2.75) is 20.0 Å². The summed E-state index contributed by atoms with van der Waals surface area (Å²) in [5.41, 5.74) is 0.0761. The van der Waals surface area contributed by atoms with Crippen molar-refractivity contribution in [1.29, 1.82) is 0 Å². The van der Waals surface area contributed by atoms with Crippen molar-refractivity contribution in [2.24, 2.45) is 0 Å². The zero-order valence-electron chi connectivity index (χ0n) is 8.64. The van der Waals surface area contributed by atoms with Crippen molar-refractivity contribution < 1.29 is 18.3 Å². The third-order valence-electron chi connectivity index (χ3n) is 1.99. The van der Waals surface area contributed by atoms with Crippen LogP contribution in [0.5, 0.6) is 0 Å². The zero-order chi connectivity index (χ0) is 11.4. The molecule has 0 amide bonds. The number of carbonyl (C=O) groups is 1. The highest BCUT2D eigenvalue weighted by molar-refractivity contribution is 5.78. The van der Waals surface area contributed by atoms with Crippen LogP contribution in [0.25, 0.3) is 0 Å². The van der Waals surface area contributed by atoms with Gasteiger partial charge in [-0.25, -0.2) is 8.78 Å². The molecule has 0 aromatic heterocycles. The first kappa shape index (κ1) is 11.8. The fourth-order valence-corrected chi connectivity index (χ4v) is 1.33. The Labute approximate surface area is 86.9 Å². The minimum absolute atomic E-state index is 0.0250. The number of halogens is 2. The average Bonchev–Trinajstić information content (AvgIpc) is 2.16. The predicted octanol–water partition coefficient (Wildman–Crippen LogP) is 2.24. The van der Waals surface area contributed by atoms with Gasteiger partial charge in [0.2, 0.25) is 0 Å². The highest BCUT2D eigenvalue weighted by atomic mass is 19.1. The van der Waals surface area contributed by atoms with E-state index < -0.39 is 11.6 Å². The van der Waals surface area contributed by atoms with Crippen LogP contribution in [0, 0.1) is 11.6 Å². The molecule has 1 aromatic carbocycles. The molecule has 0 spiro atoms. The quantitative estimate of drug-likeness (QED) is 0.768. The Morgan fingerprint density at radius 1 is 1.40 bits per heavy atom. The molecule has 0 N–H and O–H groups in total. The maximum atomic E-state index is 13.6. The Hall–Kier alpha value is -1.29. The molecule has 0 bridgehead atoms. The van der Waals surface area contributed by atoms with E-state index in [4.69, 9.17) is 0 Å². The number of ether oxygens (including phenoxy) is 1. The monoisotopic (exact) mass is 214 g/mol. The van der Waals surface area contributed by atoms with Crippen LogP contribution in [0.15, 0.2) is 12.1 Å². The molecule has 0 aliphatic heterocycles. The van der Waals surface area contributed by atoms with Gasteiger partial charge in [0, 0.05) is 19.1 Å². The van der Waals surface area contributed by atoms with Gasteiger partial charge in [0.1, 0.15) is 17.4 Å². The predicted molar refractivity (Wildman–Crippen MR) is 51.5 cm³/mol. The average molecular weight is 214 g/mol. The largest absolute Gasteiger partial charge is 0.380 e. The second-order valence-electron chi connectivity index (χ2n) is 3.31. The van der Waals surface area contributed by atoms with E-state index in [0.29, 0.717) is 0 Å². The van der Waals surface area contributed by atoms with E-state index in [1.54, 1.807) is 0 Å². The van der Waals surface area contributed by atoms with Gasteiger partial charge in [-0.1, -0.05) is 6.07 Å². The van der Waals surface area contributed by atoms with Gasteiger partial charge in [-0.05, 0) is 18.6 Å². The first-order valence-electron chi connectivity index (χ1n) is 4.50. The minimum atomic E-state index is -0.688. The lowest BCUT2D eigenvalue weighted by molar-refractivity contribution is -0.116. The Morgan fingerprint density at radius 2 is 2.07 bits per heavy atom. The van der Waals surface area contributed by atoms with Gasteiger partial charge in [0.05, 0.1) is 6.61 Å². The molecule has 1 rings (SSSR count). The second-order valence-corrected chi connectivity index (χ2v) is 3.31. The number of methoxy groups -OCH3 is 1. The van der Waals surface area contributed by atoms with Crippen LogP contribution in [0.1, 0.15) is 18.1 Å². The molecule has 0 heterocycles. The summed E-state index contributed by atoms with van der Waals surface area (Å²) in [6.07, 6.45) is -0.0250. The second kappa shape index (κ2) is 4.98. The highest BCUT2D eigenvalue weighted by Crippen LogP contribution is 2.18. The van der Waals surface area contributed by atoms with Crippen molar-refractivity contribution in [3.05, 3.63) is 34.9 Å². The number of rotatable bonds is 4. The number of carbonyl (C=O) groups excluding carboxylic acids is 1. The third kappa shape index (κ3) is 2.83. The van der Waals surface area contributed by atoms with Crippen LogP contribution in [0.2, 0.25) is 0 Å². The third-order valence-corrected chi connectivity index (χ3v) is 1.99. The molecule has 1 aromatic rings. The zero-order valence-corrected chi connectivity index (χ0v) is 8.64. The molecule has 0 unspecified atom stereocenters. The molecule has 82 valence electrons. The van der Waals surface area contributed by atoms with Gasteiger partial charge in [0.15, 0.2) is 0 Å².